The van der Waals surface area contributed by atoms with E-state index < -0.39 is 0 Å². The van der Waals surface area contributed by atoms with Crippen molar-refractivity contribution in [3.8, 4) is 0 Å². The molecule has 5 unspecified atom stereocenters. The molecule has 1 saturated heterocycles. The van der Waals surface area contributed by atoms with E-state index in [0.717, 1.165) is 29.8 Å². The van der Waals surface area contributed by atoms with Crippen LogP contribution in [0.15, 0.2) is 0 Å². The van der Waals surface area contributed by atoms with Gasteiger partial charge >= 0.3 is 0 Å². The lowest BCUT2D eigenvalue weighted by atomic mass is 9.80. The molecule has 2 nitrogen and oxygen atoms in total. The number of hydrogen-bond donors (Lipinski definition) is 1. The maximum absolute atomic E-state index is 3.90. The van der Waals surface area contributed by atoms with Crippen LogP contribution in [0.3, 0.4) is 0 Å². The summed E-state index contributed by atoms with van der Waals surface area (Å²) in [7, 11) is 2.26. The molecule has 1 N–H and O–H groups in total. The zero-order chi connectivity index (χ0) is 13.1. The predicted molar refractivity (Wildman–Crippen MR) is 78.8 cm³/mol. The average molecular weight is 252 g/mol. The molecule has 0 amide bonds. The largest absolute Gasteiger partial charge is 0.313 e. The Hall–Kier alpha value is -0.0800. The second-order valence-electron chi connectivity index (χ2n) is 7.04. The van der Waals surface area contributed by atoms with Crippen molar-refractivity contribution >= 4 is 0 Å². The summed E-state index contributed by atoms with van der Waals surface area (Å²) in [5, 5.41) is 3.90. The fraction of sp³-hybridized carbons (Fsp3) is 1.00. The maximum atomic E-state index is 3.90. The molecular formula is C16H32N2. The van der Waals surface area contributed by atoms with Crippen LogP contribution in [0.4, 0.5) is 0 Å². The Bertz CT molecular complexity index is 253. The van der Waals surface area contributed by atoms with E-state index in [9.17, 15) is 0 Å². The van der Waals surface area contributed by atoms with E-state index in [2.05, 4.69) is 38.0 Å². The Morgan fingerprint density at radius 3 is 2.50 bits per heavy atom. The highest BCUT2D eigenvalue weighted by atomic mass is 15.2. The van der Waals surface area contributed by atoms with Gasteiger partial charge in [0.25, 0.3) is 0 Å². The van der Waals surface area contributed by atoms with Gasteiger partial charge in [0.15, 0.2) is 0 Å². The first kappa shape index (κ1) is 14.3. The van der Waals surface area contributed by atoms with E-state index in [1.165, 1.54) is 45.2 Å². The number of nitrogens with zero attached hydrogens (tertiary/aromatic N) is 1. The van der Waals surface area contributed by atoms with E-state index >= 15 is 0 Å². The van der Waals surface area contributed by atoms with Crippen molar-refractivity contribution in [1.29, 1.82) is 0 Å². The van der Waals surface area contributed by atoms with Gasteiger partial charge in [-0.15, -0.1) is 0 Å². The number of piperidine rings is 1. The lowest BCUT2D eigenvalue weighted by Crippen LogP contribution is -2.52. The van der Waals surface area contributed by atoms with Crippen molar-refractivity contribution in [2.45, 2.75) is 65.0 Å². The Morgan fingerprint density at radius 2 is 1.78 bits per heavy atom. The van der Waals surface area contributed by atoms with Crippen LogP contribution in [0, 0.1) is 17.8 Å². The van der Waals surface area contributed by atoms with E-state index in [-0.39, 0.29) is 0 Å². The minimum Gasteiger partial charge on any atom is -0.313 e. The van der Waals surface area contributed by atoms with Crippen LogP contribution in [-0.2, 0) is 0 Å². The smallest absolute Gasteiger partial charge is 0.0120 e. The van der Waals surface area contributed by atoms with Gasteiger partial charge in [-0.3, -0.25) is 0 Å². The molecule has 1 saturated carbocycles. The Labute approximate surface area is 114 Å². The number of rotatable bonds is 3. The molecule has 1 aliphatic carbocycles. The SMILES string of the molecule is CC1CCCCC1CNC1CC(C)N(C)CC1C. The van der Waals surface area contributed by atoms with Gasteiger partial charge in [0.1, 0.15) is 0 Å². The minimum absolute atomic E-state index is 0.738. The first-order valence-corrected chi connectivity index (χ1v) is 8.01. The van der Waals surface area contributed by atoms with E-state index in [4.69, 9.17) is 0 Å². The third-order valence-electron chi connectivity index (χ3n) is 5.54. The Morgan fingerprint density at radius 1 is 1.06 bits per heavy atom. The van der Waals surface area contributed by atoms with Crippen molar-refractivity contribution in [3.63, 3.8) is 0 Å². The summed E-state index contributed by atoms with van der Waals surface area (Å²) in [5.74, 6) is 2.66. The molecule has 106 valence electrons. The van der Waals surface area contributed by atoms with Crippen LogP contribution in [-0.4, -0.2) is 37.1 Å². The van der Waals surface area contributed by atoms with Gasteiger partial charge < -0.3 is 10.2 Å². The molecule has 1 heterocycles. The van der Waals surface area contributed by atoms with Crippen molar-refractivity contribution in [2.75, 3.05) is 20.1 Å². The number of nitrogens with one attached hydrogen (secondary N) is 1. The summed E-state index contributed by atoms with van der Waals surface area (Å²) < 4.78 is 0. The zero-order valence-electron chi connectivity index (χ0n) is 12.8. The average Bonchev–Trinajstić information content (AvgIpc) is 2.34. The molecule has 18 heavy (non-hydrogen) atoms. The molecular weight excluding hydrogens is 220 g/mol. The van der Waals surface area contributed by atoms with Crippen molar-refractivity contribution < 1.29 is 0 Å². The molecule has 2 aliphatic rings. The highest BCUT2D eigenvalue weighted by molar-refractivity contribution is 4.87. The summed E-state index contributed by atoms with van der Waals surface area (Å²) in [5.41, 5.74) is 0. The topological polar surface area (TPSA) is 15.3 Å². The third-order valence-corrected chi connectivity index (χ3v) is 5.54. The summed E-state index contributed by atoms with van der Waals surface area (Å²) in [6.45, 7) is 9.73. The standard InChI is InChI=1S/C16H32N2/c1-12-7-5-6-8-15(12)10-17-16-9-14(3)18(4)11-13(16)2/h12-17H,5-11H2,1-4H3. The van der Waals surface area contributed by atoms with Crippen LogP contribution < -0.4 is 5.32 Å². The normalized spacial score (nSPS) is 43.0. The fourth-order valence-electron chi connectivity index (χ4n) is 3.82. The second-order valence-corrected chi connectivity index (χ2v) is 7.04. The molecule has 0 radical (unpaired) electrons. The van der Waals surface area contributed by atoms with Crippen LogP contribution in [0.2, 0.25) is 0 Å². The molecule has 0 aromatic carbocycles. The van der Waals surface area contributed by atoms with Gasteiger partial charge in [-0.2, -0.15) is 0 Å². The van der Waals surface area contributed by atoms with Crippen LogP contribution in [0.1, 0.15) is 52.9 Å². The minimum atomic E-state index is 0.738. The molecule has 1 aliphatic heterocycles. The summed E-state index contributed by atoms with van der Waals surface area (Å²) in [4.78, 5) is 2.51. The lowest BCUT2D eigenvalue weighted by Gasteiger charge is -2.41. The second kappa shape index (κ2) is 6.38. The monoisotopic (exact) mass is 252 g/mol. The van der Waals surface area contributed by atoms with Crippen molar-refractivity contribution in [1.82, 2.24) is 10.2 Å². The number of hydrogen-bond acceptors (Lipinski definition) is 2. The third kappa shape index (κ3) is 3.48. The van der Waals surface area contributed by atoms with Gasteiger partial charge in [0.05, 0.1) is 0 Å². The molecule has 0 aromatic rings. The van der Waals surface area contributed by atoms with E-state index in [1.807, 2.05) is 0 Å². The van der Waals surface area contributed by atoms with Crippen LogP contribution in [0.25, 0.3) is 0 Å². The van der Waals surface area contributed by atoms with E-state index in [1.54, 1.807) is 0 Å². The molecule has 5 atom stereocenters. The van der Waals surface area contributed by atoms with Crippen LogP contribution >= 0.6 is 0 Å². The summed E-state index contributed by atoms with van der Waals surface area (Å²) in [6, 6.07) is 1.48. The maximum Gasteiger partial charge on any atom is 0.0120 e. The van der Waals surface area contributed by atoms with Gasteiger partial charge in [-0.25, -0.2) is 0 Å². The van der Waals surface area contributed by atoms with Gasteiger partial charge in [-0.05, 0) is 51.1 Å². The van der Waals surface area contributed by atoms with Crippen molar-refractivity contribution in [3.05, 3.63) is 0 Å². The lowest BCUT2D eigenvalue weighted by molar-refractivity contribution is 0.114. The van der Waals surface area contributed by atoms with Gasteiger partial charge in [0.2, 0.25) is 0 Å². The van der Waals surface area contributed by atoms with Gasteiger partial charge in [0, 0.05) is 18.6 Å². The predicted octanol–water partition coefficient (Wildman–Crippen LogP) is 3.13. The quantitative estimate of drug-likeness (QED) is 0.830. The molecule has 0 spiro atoms. The number of likely N-dealkylation sites (tertiary alicyclic amines) is 1. The Balaban J connectivity index is 1.78. The Kier molecular flexibility index (Phi) is 5.08. The van der Waals surface area contributed by atoms with Crippen molar-refractivity contribution in [2.24, 2.45) is 17.8 Å². The molecule has 0 aromatic heterocycles. The molecule has 0 bridgehead atoms. The molecule has 2 heteroatoms. The first-order valence-electron chi connectivity index (χ1n) is 8.01. The first-order chi connectivity index (χ1) is 8.58. The molecule has 2 rings (SSSR count). The highest BCUT2D eigenvalue weighted by Gasteiger charge is 2.29. The highest BCUT2D eigenvalue weighted by Crippen LogP contribution is 2.29. The summed E-state index contributed by atoms with van der Waals surface area (Å²) >= 11 is 0. The van der Waals surface area contributed by atoms with Crippen LogP contribution in [0.5, 0.6) is 0 Å². The zero-order valence-corrected chi connectivity index (χ0v) is 12.8. The van der Waals surface area contributed by atoms with E-state index in [0.29, 0.717) is 0 Å². The fourth-order valence-corrected chi connectivity index (χ4v) is 3.82. The molecule has 2 fully saturated rings. The summed E-state index contributed by atoms with van der Waals surface area (Å²) in [6.07, 6.45) is 7.13. The van der Waals surface area contributed by atoms with Gasteiger partial charge in [-0.1, -0.05) is 33.1 Å².